The lowest BCUT2D eigenvalue weighted by molar-refractivity contribution is 0.218. The molecule has 3 aromatic rings. The largest absolute Gasteiger partial charge is 0.313 e. The molecular formula is C25H29F4N5. The van der Waals surface area contributed by atoms with E-state index in [1.807, 2.05) is 20.8 Å². The molecule has 0 amide bonds. The lowest BCUT2D eigenvalue weighted by Gasteiger charge is -2.32. The summed E-state index contributed by atoms with van der Waals surface area (Å²) in [5.41, 5.74) is 0.215. The first-order valence-corrected chi connectivity index (χ1v) is 11.3. The fraction of sp³-hybridized carbons (Fsp3) is 0.440. The van der Waals surface area contributed by atoms with E-state index in [9.17, 15) is 17.6 Å². The van der Waals surface area contributed by atoms with Gasteiger partial charge >= 0.3 is 0 Å². The highest BCUT2D eigenvalue weighted by Crippen LogP contribution is 2.34. The van der Waals surface area contributed by atoms with E-state index in [4.69, 9.17) is 0 Å². The topological polar surface area (TPSA) is 54.8 Å². The Balaban J connectivity index is 1.75. The van der Waals surface area contributed by atoms with E-state index in [0.29, 0.717) is 31.0 Å². The Bertz CT molecular complexity index is 1140. The average molecular weight is 476 g/mol. The first kappa shape index (κ1) is 24.3. The molecule has 5 nitrogen and oxygen atoms in total. The second-order valence-electron chi connectivity index (χ2n) is 9.85. The van der Waals surface area contributed by atoms with Crippen LogP contribution in [0.5, 0.6) is 0 Å². The minimum absolute atomic E-state index is 0.0327. The van der Waals surface area contributed by atoms with Crippen molar-refractivity contribution >= 4 is 0 Å². The molecule has 34 heavy (non-hydrogen) atoms. The van der Waals surface area contributed by atoms with Crippen molar-refractivity contribution in [3.05, 3.63) is 71.3 Å². The zero-order chi connectivity index (χ0) is 24.5. The smallest absolute Gasteiger partial charge is 0.184 e. The highest BCUT2D eigenvalue weighted by Gasteiger charge is 2.34. The zero-order valence-electron chi connectivity index (χ0n) is 19.5. The van der Waals surface area contributed by atoms with Gasteiger partial charge in [0.15, 0.2) is 5.82 Å². The van der Waals surface area contributed by atoms with Gasteiger partial charge in [0.1, 0.15) is 29.4 Å². The summed E-state index contributed by atoms with van der Waals surface area (Å²) < 4.78 is 58.0. The third kappa shape index (κ3) is 5.47. The summed E-state index contributed by atoms with van der Waals surface area (Å²) in [5.74, 6) is -1.31. The second kappa shape index (κ2) is 9.84. The van der Waals surface area contributed by atoms with Crippen molar-refractivity contribution in [2.24, 2.45) is 11.3 Å². The van der Waals surface area contributed by atoms with E-state index in [-0.39, 0.29) is 41.1 Å². The quantitative estimate of drug-likeness (QED) is 0.489. The Morgan fingerprint density at radius 2 is 1.85 bits per heavy atom. The van der Waals surface area contributed by atoms with Crippen LogP contribution in [0, 0.1) is 28.8 Å². The number of alkyl halides is 1. The van der Waals surface area contributed by atoms with Gasteiger partial charge < -0.3 is 10.6 Å². The maximum Gasteiger partial charge on any atom is 0.184 e. The summed E-state index contributed by atoms with van der Waals surface area (Å²) in [7, 11) is 0. The molecule has 0 bridgehead atoms. The molecule has 2 aromatic carbocycles. The Morgan fingerprint density at radius 1 is 1.09 bits per heavy atom. The van der Waals surface area contributed by atoms with E-state index < -0.39 is 17.8 Å². The van der Waals surface area contributed by atoms with Crippen molar-refractivity contribution in [2.75, 3.05) is 19.6 Å². The first-order chi connectivity index (χ1) is 16.1. The standard InChI is InChI=1S/C25H29F4N5/c1-25(2,3)22(31-12-16-11-30-13-21(16)29)24-32-23(19-10-18(27)7-8-20(19)28)33-34(24)14-15-5-4-6-17(26)9-15/h4-10,16,21-22,30-31H,11-14H2,1-3H3/t16-,21-,22-/m0/s1. The Kier molecular flexibility index (Phi) is 7.04. The van der Waals surface area contributed by atoms with Crippen LogP contribution in [0.1, 0.15) is 38.2 Å². The summed E-state index contributed by atoms with van der Waals surface area (Å²) in [6.07, 6.45) is -0.949. The summed E-state index contributed by atoms with van der Waals surface area (Å²) in [6.45, 7) is 7.51. The summed E-state index contributed by atoms with van der Waals surface area (Å²) in [6, 6.07) is 8.84. The lowest BCUT2D eigenvalue weighted by atomic mass is 9.85. The molecule has 1 aromatic heterocycles. The van der Waals surface area contributed by atoms with Crippen LogP contribution in [0.3, 0.4) is 0 Å². The van der Waals surface area contributed by atoms with Crippen LogP contribution in [0.25, 0.3) is 11.4 Å². The molecule has 2 heterocycles. The van der Waals surface area contributed by atoms with Gasteiger partial charge in [0.05, 0.1) is 18.2 Å². The van der Waals surface area contributed by atoms with Gasteiger partial charge in [-0.3, -0.25) is 0 Å². The van der Waals surface area contributed by atoms with Crippen LogP contribution >= 0.6 is 0 Å². The van der Waals surface area contributed by atoms with Gasteiger partial charge in [-0.05, 0) is 41.3 Å². The van der Waals surface area contributed by atoms with E-state index in [2.05, 4.69) is 20.7 Å². The molecule has 1 fully saturated rings. The molecule has 4 rings (SSSR count). The molecule has 9 heteroatoms. The molecule has 2 N–H and O–H groups in total. The fourth-order valence-corrected chi connectivity index (χ4v) is 4.23. The highest BCUT2D eigenvalue weighted by atomic mass is 19.1. The predicted molar refractivity (Wildman–Crippen MR) is 122 cm³/mol. The van der Waals surface area contributed by atoms with Gasteiger partial charge in [-0.2, -0.15) is 5.10 Å². The molecule has 1 saturated heterocycles. The van der Waals surface area contributed by atoms with E-state index in [0.717, 1.165) is 18.2 Å². The third-order valence-corrected chi connectivity index (χ3v) is 6.06. The molecule has 1 aliphatic heterocycles. The normalized spacial score (nSPS) is 19.5. The summed E-state index contributed by atoms with van der Waals surface area (Å²) in [5, 5.41) is 11.0. The predicted octanol–water partition coefficient (Wildman–Crippen LogP) is 4.65. The van der Waals surface area contributed by atoms with E-state index >= 15 is 0 Å². The van der Waals surface area contributed by atoms with Gasteiger partial charge in [0.2, 0.25) is 0 Å². The van der Waals surface area contributed by atoms with Crippen molar-refractivity contribution < 1.29 is 17.6 Å². The molecule has 3 atom stereocenters. The fourth-order valence-electron chi connectivity index (χ4n) is 4.23. The van der Waals surface area contributed by atoms with Crippen molar-refractivity contribution in [1.29, 1.82) is 0 Å². The molecule has 0 saturated carbocycles. The minimum atomic E-state index is -0.949. The Hall–Kier alpha value is -2.78. The number of hydrogen-bond donors (Lipinski definition) is 2. The van der Waals surface area contributed by atoms with Crippen molar-refractivity contribution in [3.63, 3.8) is 0 Å². The van der Waals surface area contributed by atoms with Crippen molar-refractivity contribution in [3.8, 4) is 11.4 Å². The number of nitrogens with zero attached hydrogens (tertiary/aromatic N) is 3. The molecular weight excluding hydrogens is 446 g/mol. The van der Waals surface area contributed by atoms with Crippen LogP contribution in [0.15, 0.2) is 42.5 Å². The molecule has 0 spiro atoms. The van der Waals surface area contributed by atoms with E-state index in [1.165, 1.54) is 12.1 Å². The molecule has 0 unspecified atom stereocenters. The third-order valence-electron chi connectivity index (χ3n) is 6.06. The van der Waals surface area contributed by atoms with Crippen LogP contribution in [-0.4, -0.2) is 40.6 Å². The van der Waals surface area contributed by atoms with Crippen LogP contribution in [0.2, 0.25) is 0 Å². The number of halogens is 4. The minimum Gasteiger partial charge on any atom is -0.313 e. The summed E-state index contributed by atoms with van der Waals surface area (Å²) >= 11 is 0. The Labute approximate surface area is 196 Å². The van der Waals surface area contributed by atoms with E-state index in [1.54, 1.807) is 16.8 Å². The summed E-state index contributed by atoms with van der Waals surface area (Å²) in [4.78, 5) is 4.61. The highest BCUT2D eigenvalue weighted by molar-refractivity contribution is 5.55. The second-order valence-corrected chi connectivity index (χ2v) is 9.85. The van der Waals surface area contributed by atoms with Crippen LogP contribution < -0.4 is 10.6 Å². The molecule has 182 valence electrons. The number of aromatic nitrogens is 3. The lowest BCUT2D eigenvalue weighted by Crippen LogP contribution is -2.39. The first-order valence-electron chi connectivity index (χ1n) is 11.3. The zero-order valence-corrected chi connectivity index (χ0v) is 19.5. The average Bonchev–Trinajstić information content (AvgIpc) is 3.35. The van der Waals surface area contributed by atoms with Crippen LogP contribution in [0.4, 0.5) is 17.6 Å². The number of nitrogens with one attached hydrogen (secondary N) is 2. The van der Waals surface area contributed by atoms with Gasteiger partial charge in [-0.15, -0.1) is 0 Å². The van der Waals surface area contributed by atoms with Gasteiger partial charge in [0.25, 0.3) is 0 Å². The van der Waals surface area contributed by atoms with Gasteiger partial charge in [-0.25, -0.2) is 27.2 Å². The number of hydrogen-bond acceptors (Lipinski definition) is 4. The SMILES string of the molecule is CC(C)(C)[C@@H](NC[C@@H]1CNC[C@@H]1F)c1nc(-c2cc(F)ccc2F)nn1Cc1cccc(F)c1. The van der Waals surface area contributed by atoms with Crippen molar-refractivity contribution in [2.45, 2.75) is 39.5 Å². The van der Waals surface area contributed by atoms with Gasteiger partial charge in [0, 0.05) is 25.6 Å². The number of benzene rings is 2. The molecule has 0 radical (unpaired) electrons. The maximum absolute atomic E-state index is 14.5. The van der Waals surface area contributed by atoms with Crippen molar-refractivity contribution in [1.82, 2.24) is 25.4 Å². The maximum atomic E-state index is 14.5. The molecule has 1 aliphatic rings. The Morgan fingerprint density at radius 3 is 2.53 bits per heavy atom. The molecule has 0 aliphatic carbocycles. The van der Waals surface area contributed by atoms with Crippen LogP contribution in [-0.2, 0) is 6.54 Å². The monoisotopic (exact) mass is 475 g/mol. The van der Waals surface area contributed by atoms with Gasteiger partial charge in [-0.1, -0.05) is 32.9 Å². The number of rotatable bonds is 7.